The van der Waals surface area contributed by atoms with Gasteiger partial charge >= 0.3 is 5.97 Å². The van der Waals surface area contributed by atoms with Gasteiger partial charge in [0, 0.05) is 6.54 Å². The van der Waals surface area contributed by atoms with E-state index in [1.54, 1.807) is 12.1 Å². The summed E-state index contributed by atoms with van der Waals surface area (Å²) in [6.07, 6.45) is -0.0507. The topological polar surface area (TPSA) is 81.8 Å². The summed E-state index contributed by atoms with van der Waals surface area (Å²) in [5.41, 5.74) is 7.14. The first-order valence-corrected chi connectivity index (χ1v) is 5.44. The largest absolute Gasteiger partial charge is 0.481 e. The predicted octanol–water partition coefficient (Wildman–Crippen LogP) is 0.859. The summed E-state index contributed by atoms with van der Waals surface area (Å²) in [5.74, 6) is -1.55. The molecule has 1 aliphatic heterocycles. The van der Waals surface area contributed by atoms with E-state index in [1.165, 1.54) is 0 Å². The maximum atomic E-state index is 10.9. The maximum absolute atomic E-state index is 10.9. The number of hydrogen-bond donors (Lipinski definition) is 2. The molecule has 1 fully saturated rings. The Balaban J connectivity index is 2.14. The predicted molar refractivity (Wildman–Crippen MR) is 60.5 cm³/mol. The summed E-state index contributed by atoms with van der Waals surface area (Å²) < 4.78 is 10.5. The van der Waals surface area contributed by atoms with Gasteiger partial charge < -0.3 is 20.3 Å². The van der Waals surface area contributed by atoms with Crippen molar-refractivity contribution in [3.63, 3.8) is 0 Å². The Bertz CT molecular complexity index is 384. The number of ether oxygens (including phenoxy) is 2. The zero-order valence-corrected chi connectivity index (χ0v) is 9.33. The molecule has 5 nitrogen and oxygen atoms in total. The first kappa shape index (κ1) is 12.0. The molecule has 0 bridgehead atoms. The Morgan fingerprint density at radius 1 is 1.47 bits per heavy atom. The molecule has 0 aromatic heterocycles. The fourth-order valence-electron chi connectivity index (χ4n) is 1.85. The van der Waals surface area contributed by atoms with E-state index in [9.17, 15) is 4.79 Å². The Morgan fingerprint density at radius 3 is 2.65 bits per heavy atom. The monoisotopic (exact) mass is 237 g/mol. The first-order valence-electron chi connectivity index (χ1n) is 5.44. The van der Waals surface area contributed by atoms with Gasteiger partial charge in [0.2, 0.25) is 0 Å². The third kappa shape index (κ3) is 2.63. The van der Waals surface area contributed by atoms with Crippen LogP contribution in [0, 0.1) is 0 Å². The van der Waals surface area contributed by atoms with Crippen LogP contribution in [0.3, 0.4) is 0 Å². The lowest BCUT2D eigenvalue weighted by Gasteiger charge is -2.12. The molecule has 1 aliphatic rings. The Labute approximate surface area is 99.1 Å². The first-order chi connectivity index (χ1) is 8.22. The summed E-state index contributed by atoms with van der Waals surface area (Å²) in [6.45, 7) is 0.948. The molecular formula is C12H15NO4. The van der Waals surface area contributed by atoms with Crippen LogP contribution in [0.4, 0.5) is 0 Å². The fraction of sp³-hybridized carbons (Fsp3) is 0.417. The van der Waals surface area contributed by atoms with E-state index >= 15 is 0 Å². The van der Waals surface area contributed by atoms with Gasteiger partial charge in [0.15, 0.2) is 0 Å². The average molecular weight is 237 g/mol. The normalized spacial score (nSPS) is 21.4. The van der Waals surface area contributed by atoms with Crippen molar-refractivity contribution in [3.8, 4) is 0 Å². The summed E-state index contributed by atoms with van der Waals surface area (Å²) in [7, 11) is 0. The van der Waals surface area contributed by atoms with E-state index < -0.39 is 11.9 Å². The van der Waals surface area contributed by atoms with Gasteiger partial charge in [-0.1, -0.05) is 24.3 Å². The van der Waals surface area contributed by atoms with Gasteiger partial charge in [-0.05, 0) is 11.1 Å². The fourth-order valence-corrected chi connectivity index (χ4v) is 1.85. The summed E-state index contributed by atoms with van der Waals surface area (Å²) in [6, 6.07) is 7.28. The Morgan fingerprint density at radius 2 is 2.18 bits per heavy atom. The van der Waals surface area contributed by atoms with Gasteiger partial charge in [0.25, 0.3) is 0 Å². The van der Waals surface area contributed by atoms with Crippen molar-refractivity contribution in [1.29, 1.82) is 0 Å². The van der Waals surface area contributed by atoms with Crippen molar-refractivity contribution < 1.29 is 19.4 Å². The van der Waals surface area contributed by atoms with Crippen molar-refractivity contribution in [3.05, 3.63) is 35.4 Å². The molecule has 0 spiro atoms. The Kier molecular flexibility index (Phi) is 3.73. The number of aliphatic carboxylic acids is 1. The molecule has 17 heavy (non-hydrogen) atoms. The molecule has 92 valence electrons. The van der Waals surface area contributed by atoms with E-state index in [-0.39, 0.29) is 12.6 Å². The number of hydrogen-bond acceptors (Lipinski definition) is 4. The molecule has 0 aliphatic carbocycles. The molecule has 0 amide bonds. The smallest absolute Gasteiger partial charge is 0.312 e. The highest BCUT2D eigenvalue weighted by Crippen LogP contribution is 2.24. The molecule has 1 aromatic rings. The van der Waals surface area contributed by atoms with Crippen molar-refractivity contribution in [1.82, 2.24) is 0 Å². The molecule has 0 saturated carbocycles. The van der Waals surface area contributed by atoms with Gasteiger partial charge in [-0.25, -0.2) is 0 Å². The highest BCUT2D eigenvalue weighted by Gasteiger charge is 2.20. The van der Waals surface area contributed by atoms with Crippen LogP contribution in [0.15, 0.2) is 24.3 Å². The van der Waals surface area contributed by atoms with Crippen LogP contribution in [0.2, 0.25) is 0 Å². The van der Waals surface area contributed by atoms with Crippen LogP contribution < -0.4 is 5.73 Å². The third-order valence-electron chi connectivity index (χ3n) is 2.87. The van der Waals surface area contributed by atoms with E-state index in [4.69, 9.17) is 20.3 Å². The van der Waals surface area contributed by atoms with Gasteiger partial charge in [0.05, 0.1) is 12.5 Å². The summed E-state index contributed by atoms with van der Waals surface area (Å²) in [4.78, 5) is 10.9. The Hall–Kier alpha value is -1.43. The minimum atomic E-state index is -0.902. The molecule has 5 heteroatoms. The average Bonchev–Trinajstić information content (AvgIpc) is 2.84. The van der Waals surface area contributed by atoms with Gasteiger partial charge in [0.1, 0.15) is 12.9 Å². The van der Waals surface area contributed by atoms with Crippen LogP contribution in [0.25, 0.3) is 0 Å². The van der Waals surface area contributed by atoms with Crippen molar-refractivity contribution in [2.24, 2.45) is 5.73 Å². The van der Waals surface area contributed by atoms with Crippen molar-refractivity contribution >= 4 is 5.97 Å². The number of benzene rings is 1. The highest BCUT2D eigenvalue weighted by atomic mass is 16.7. The van der Waals surface area contributed by atoms with E-state index in [0.29, 0.717) is 19.0 Å². The molecule has 1 saturated heterocycles. The summed E-state index contributed by atoms with van der Waals surface area (Å²) >= 11 is 0. The number of rotatable bonds is 4. The zero-order valence-electron chi connectivity index (χ0n) is 9.33. The van der Waals surface area contributed by atoms with Crippen LogP contribution in [0.1, 0.15) is 23.1 Å². The van der Waals surface area contributed by atoms with Crippen LogP contribution in [-0.2, 0) is 14.3 Å². The molecule has 2 unspecified atom stereocenters. The molecule has 2 rings (SSSR count). The highest BCUT2D eigenvalue weighted by molar-refractivity contribution is 5.76. The van der Waals surface area contributed by atoms with Crippen LogP contribution in [-0.4, -0.2) is 31.0 Å². The lowest BCUT2D eigenvalue weighted by Crippen LogP contribution is -2.21. The molecule has 0 radical (unpaired) electrons. The lowest BCUT2D eigenvalue weighted by atomic mass is 9.97. The van der Waals surface area contributed by atoms with E-state index in [0.717, 1.165) is 5.56 Å². The lowest BCUT2D eigenvalue weighted by molar-refractivity contribution is -0.138. The van der Waals surface area contributed by atoms with Gasteiger partial charge in [-0.15, -0.1) is 0 Å². The second-order valence-corrected chi connectivity index (χ2v) is 3.94. The van der Waals surface area contributed by atoms with E-state index in [1.807, 2.05) is 12.1 Å². The minimum Gasteiger partial charge on any atom is -0.481 e. The van der Waals surface area contributed by atoms with Crippen molar-refractivity contribution in [2.75, 3.05) is 19.9 Å². The molecular weight excluding hydrogens is 222 g/mol. The molecule has 3 N–H and O–H groups in total. The van der Waals surface area contributed by atoms with Gasteiger partial charge in [-0.3, -0.25) is 4.79 Å². The molecule has 1 heterocycles. The summed E-state index contributed by atoms with van der Waals surface area (Å²) in [5, 5.41) is 8.98. The SMILES string of the molecule is NCC(C(=O)O)c1ccc(C2COCO2)cc1. The number of carboxylic acids is 1. The standard InChI is InChI=1S/C12H15NO4/c13-5-10(12(14)15)8-1-3-9(4-2-8)11-6-16-7-17-11/h1-4,10-11H,5-7,13H2,(H,14,15). The number of nitrogens with two attached hydrogens (primary N) is 1. The minimum absolute atomic E-state index is 0.0507. The zero-order chi connectivity index (χ0) is 12.3. The van der Waals surface area contributed by atoms with Crippen molar-refractivity contribution in [2.45, 2.75) is 12.0 Å². The van der Waals surface area contributed by atoms with Gasteiger partial charge in [-0.2, -0.15) is 0 Å². The van der Waals surface area contributed by atoms with E-state index in [2.05, 4.69) is 0 Å². The number of carboxylic acid groups (broad SMARTS) is 1. The second kappa shape index (κ2) is 5.27. The molecule has 2 atom stereocenters. The maximum Gasteiger partial charge on any atom is 0.312 e. The quantitative estimate of drug-likeness (QED) is 0.811. The third-order valence-corrected chi connectivity index (χ3v) is 2.87. The van der Waals surface area contributed by atoms with Crippen LogP contribution in [0.5, 0.6) is 0 Å². The number of carbonyl (C=O) groups is 1. The van der Waals surface area contributed by atoms with Crippen LogP contribution >= 0.6 is 0 Å². The second-order valence-electron chi connectivity index (χ2n) is 3.94. The molecule has 1 aromatic carbocycles.